The lowest BCUT2D eigenvalue weighted by molar-refractivity contribution is 0.395. The average Bonchev–Trinajstić information content (AvgIpc) is 2.52. The minimum atomic E-state index is 0.492. The monoisotopic (exact) mass is 285 g/mol. The normalized spacial score (nSPS) is 10.7. The molecule has 0 aliphatic rings. The molecular formula is C18H23NO2. The lowest BCUT2D eigenvalue weighted by Gasteiger charge is -2.12. The summed E-state index contributed by atoms with van der Waals surface area (Å²) in [5.41, 5.74) is 3.49. The van der Waals surface area contributed by atoms with Gasteiger partial charge in [-0.05, 0) is 23.3 Å². The fraction of sp³-hybridized carbons (Fsp3) is 0.333. The van der Waals surface area contributed by atoms with E-state index in [1.54, 1.807) is 14.2 Å². The molecule has 0 amide bonds. The number of hydrogen-bond acceptors (Lipinski definition) is 3. The molecule has 0 bridgehead atoms. The zero-order valence-electron chi connectivity index (χ0n) is 13.1. The molecule has 2 aromatic rings. The van der Waals surface area contributed by atoms with Gasteiger partial charge in [0.05, 0.1) is 14.2 Å². The minimum Gasteiger partial charge on any atom is -0.497 e. The van der Waals surface area contributed by atoms with Crippen LogP contribution in [0.1, 0.15) is 19.4 Å². The average molecular weight is 285 g/mol. The van der Waals surface area contributed by atoms with E-state index < -0.39 is 0 Å². The van der Waals surface area contributed by atoms with Crippen molar-refractivity contribution < 1.29 is 9.47 Å². The predicted octanol–water partition coefficient (Wildman–Crippen LogP) is 3.87. The van der Waals surface area contributed by atoms with Crippen LogP contribution < -0.4 is 14.8 Å². The van der Waals surface area contributed by atoms with Crippen molar-refractivity contribution in [2.75, 3.05) is 14.2 Å². The molecule has 0 aliphatic carbocycles. The van der Waals surface area contributed by atoms with Gasteiger partial charge in [0.15, 0.2) is 0 Å². The van der Waals surface area contributed by atoms with Gasteiger partial charge in [-0.1, -0.05) is 38.1 Å². The zero-order valence-corrected chi connectivity index (χ0v) is 13.1. The van der Waals surface area contributed by atoms with Crippen LogP contribution in [-0.2, 0) is 6.54 Å². The molecule has 0 heterocycles. The SMILES string of the molecule is COc1ccc(-c2ccc(CNC(C)C)cc2)c(OC)c1. The Hall–Kier alpha value is -2.00. The molecule has 0 spiro atoms. The van der Waals surface area contributed by atoms with E-state index in [0.717, 1.165) is 29.2 Å². The molecule has 2 aromatic carbocycles. The Labute approximate surface area is 126 Å². The van der Waals surface area contributed by atoms with Crippen LogP contribution >= 0.6 is 0 Å². The van der Waals surface area contributed by atoms with Crippen LogP contribution in [0.2, 0.25) is 0 Å². The lowest BCUT2D eigenvalue weighted by Crippen LogP contribution is -2.21. The molecule has 0 fully saturated rings. The van der Waals surface area contributed by atoms with Gasteiger partial charge < -0.3 is 14.8 Å². The molecule has 1 N–H and O–H groups in total. The van der Waals surface area contributed by atoms with Gasteiger partial charge in [0.25, 0.3) is 0 Å². The van der Waals surface area contributed by atoms with Gasteiger partial charge in [0, 0.05) is 24.2 Å². The van der Waals surface area contributed by atoms with Crippen molar-refractivity contribution in [2.24, 2.45) is 0 Å². The van der Waals surface area contributed by atoms with Crippen molar-refractivity contribution in [3.8, 4) is 22.6 Å². The Bertz CT molecular complexity index is 576. The van der Waals surface area contributed by atoms with Gasteiger partial charge >= 0.3 is 0 Å². The first kappa shape index (κ1) is 15.4. The van der Waals surface area contributed by atoms with Gasteiger partial charge in [0.1, 0.15) is 11.5 Å². The standard InChI is InChI=1S/C18H23NO2/c1-13(2)19-12-14-5-7-15(8-6-14)17-10-9-16(20-3)11-18(17)21-4/h5-11,13,19H,12H2,1-4H3. The van der Waals surface area contributed by atoms with Crippen LogP contribution in [0.3, 0.4) is 0 Å². The van der Waals surface area contributed by atoms with Crippen LogP contribution in [0.15, 0.2) is 42.5 Å². The number of rotatable bonds is 6. The highest BCUT2D eigenvalue weighted by Crippen LogP contribution is 2.33. The van der Waals surface area contributed by atoms with Crippen molar-refractivity contribution in [2.45, 2.75) is 26.4 Å². The van der Waals surface area contributed by atoms with Gasteiger partial charge in [-0.15, -0.1) is 0 Å². The Morgan fingerprint density at radius 3 is 2.24 bits per heavy atom. The fourth-order valence-electron chi connectivity index (χ4n) is 2.16. The first-order valence-corrected chi connectivity index (χ1v) is 7.18. The van der Waals surface area contributed by atoms with Gasteiger partial charge in [-0.2, -0.15) is 0 Å². The van der Waals surface area contributed by atoms with Crippen LogP contribution in [0.5, 0.6) is 11.5 Å². The van der Waals surface area contributed by atoms with E-state index in [0.29, 0.717) is 6.04 Å². The Morgan fingerprint density at radius 2 is 1.67 bits per heavy atom. The maximum atomic E-state index is 5.46. The van der Waals surface area contributed by atoms with E-state index in [9.17, 15) is 0 Å². The summed E-state index contributed by atoms with van der Waals surface area (Å²) < 4.78 is 10.7. The third-order valence-corrected chi connectivity index (χ3v) is 3.39. The molecule has 0 saturated carbocycles. The molecule has 112 valence electrons. The van der Waals surface area contributed by atoms with E-state index in [2.05, 4.69) is 43.4 Å². The molecule has 0 radical (unpaired) electrons. The molecule has 3 heteroatoms. The topological polar surface area (TPSA) is 30.5 Å². The molecule has 0 aliphatic heterocycles. The largest absolute Gasteiger partial charge is 0.497 e. The Morgan fingerprint density at radius 1 is 0.952 bits per heavy atom. The first-order chi connectivity index (χ1) is 10.1. The van der Waals surface area contributed by atoms with E-state index in [1.807, 2.05) is 18.2 Å². The van der Waals surface area contributed by atoms with Crippen LogP contribution in [0, 0.1) is 0 Å². The van der Waals surface area contributed by atoms with Crippen molar-refractivity contribution in [1.29, 1.82) is 0 Å². The van der Waals surface area contributed by atoms with Crippen LogP contribution in [0.4, 0.5) is 0 Å². The highest BCUT2D eigenvalue weighted by Gasteiger charge is 2.07. The fourth-order valence-corrected chi connectivity index (χ4v) is 2.16. The number of hydrogen-bond donors (Lipinski definition) is 1. The molecule has 3 nitrogen and oxygen atoms in total. The van der Waals surface area contributed by atoms with E-state index >= 15 is 0 Å². The quantitative estimate of drug-likeness (QED) is 0.874. The second-order valence-electron chi connectivity index (χ2n) is 5.30. The van der Waals surface area contributed by atoms with Crippen molar-refractivity contribution >= 4 is 0 Å². The second kappa shape index (κ2) is 7.14. The zero-order chi connectivity index (χ0) is 15.2. The van der Waals surface area contributed by atoms with Gasteiger partial charge in [0.2, 0.25) is 0 Å². The van der Waals surface area contributed by atoms with E-state index in [4.69, 9.17) is 9.47 Å². The Balaban J connectivity index is 2.22. The Kier molecular flexibility index (Phi) is 5.23. The summed E-state index contributed by atoms with van der Waals surface area (Å²) in [4.78, 5) is 0. The van der Waals surface area contributed by atoms with Crippen LogP contribution in [0.25, 0.3) is 11.1 Å². The lowest BCUT2D eigenvalue weighted by atomic mass is 10.0. The third-order valence-electron chi connectivity index (χ3n) is 3.39. The third kappa shape index (κ3) is 3.99. The highest BCUT2D eigenvalue weighted by atomic mass is 16.5. The predicted molar refractivity (Wildman–Crippen MR) is 87.0 cm³/mol. The minimum absolute atomic E-state index is 0.492. The van der Waals surface area contributed by atoms with Gasteiger partial charge in [-0.25, -0.2) is 0 Å². The summed E-state index contributed by atoms with van der Waals surface area (Å²) in [5.74, 6) is 1.62. The molecule has 2 rings (SSSR count). The summed E-state index contributed by atoms with van der Waals surface area (Å²) >= 11 is 0. The maximum Gasteiger partial charge on any atom is 0.130 e. The maximum absolute atomic E-state index is 5.46. The summed E-state index contributed by atoms with van der Waals surface area (Å²) in [7, 11) is 3.34. The summed E-state index contributed by atoms with van der Waals surface area (Å²) in [5, 5.41) is 3.42. The number of methoxy groups -OCH3 is 2. The number of nitrogens with one attached hydrogen (secondary N) is 1. The van der Waals surface area contributed by atoms with Crippen molar-refractivity contribution in [1.82, 2.24) is 5.32 Å². The van der Waals surface area contributed by atoms with Crippen LogP contribution in [-0.4, -0.2) is 20.3 Å². The molecule has 0 atom stereocenters. The molecule has 21 heavy (non-hydrogen) atoms. The smallest absolute Gasteiger partial charge is 0.130 e. The number of benzene rings is 2. The van der Waals surface area contributed by atoms with Crippen molar-refractivity contribution in [3.05, 3.63) is 48.0 Å². The summed E-state index contributed by atoms with van der Waals surface area (Å²) in [6.45, 7) is 5.19. The second-order valence-corrected chi connectivity index (χ2v) is 5.30. The number of ether oxygens (including phenoxy) is 2. The highest BCUT2D eigenvalue weighted by molar-refractivity contribution is 5.71. The van der Waals surface area contributed by atoms with Gasteiger partial charge in [-0.3, -0.25) is 0 Å². The molecule has 0 unspecified atom stereocenters. The molecule has 0 saturated heterocycles. The van der Waals surface area contributed by atoms with Crippen molar-refractivity contribution in [3.63, 3.8) is 0 Å². The first-order valence-electron chi connectivity index (χ1n) is 7.18. The molecule has 0 aromatic heterocycles. The van der Waals surface area contributed by atoms with E-state index in [-0.39, 0.29) is 0 Å². The molecular weight excluding hydrogens is 262 g/mol. The summed E-state index contributed by atoms with van der Waals surface area (Å²) in [6.07, 6.45) is 0. The van der Waals surface area contributed by atoms with E-state index in [1.165, 1.54) is 5.56 Å². The summed E-state index contributed by atoms with van der Waals surface area (Å²) in [6, 6.07) is 14.9.